The predicted molar refractivity (Wildman–Crippen MR) is 92.7 cm³/mol. The molecule has 6 heteroatoms. The summed E-state index contributed by atoms with van der Waals surface area (Å²) in [6.45, 7) is 9.71. The predicted octanol–water partition coefficient (Wildman–Crippen LogP) is 1.86. The molecule has 136 valence electrons. The summed E-state index contributed by atoms with van der Waals surface area (Å²) in [6.07, 6.45) is -1.49. The summed E-state index contributed by atoms with van der Waals surface area (Å²) < 4.78 is 9.79. The quantitative estimate of drug-likeness (QED) is 0.523. The van der Waals surface area contributed by atoms with Crippen molar-refractivity contribution in [1.82, 2.24) is 0 Å². The van der Waals surface area contributed by atoms with Gasteiger partial charge in [-0.25, -0.2) is 9.59 Å². The molecule has 2 atom stereocenters. The highest BCUT2D eigenvalue weighted by Gasteiger charge is 2.13. The zero-order valence-electron chi connectivity index (χ0n) is 14.5. The molecule has 0 saturated carbocycles. The van der Waals surface area contributed by atoms with Crippen LogP contribution in [0.2, 0.25) is 0 Å². The van der Waals surface area contributed by atoms with Crippen LogP contribution in [0.1, 0.15) is 31.1 Å². The van der Waals surface area contributed by atoms with Crippen molar-refractivity contribution in [3.63, 3.8) is 0 Å². The van der Waals surface area contributed by atoms with Crippen LogP contribution in [-0.2, 0) is 25.5 Å². The Morgan fingerprint density at radius 3 is 1.92 bits per heavy atom. The van der Waals surface area contributed by atoms with E-state index in [9.17, 15) is 19.8 Å². The van der Waals surface area contributed by atoms with Gasteiger partial charge >= 0.3 is 11.9 Å². The van der Waals surface area contributed by atoms with Gasteiger partial charge in [-0.05, 0) is 25.0 Å². The first-order valence-corrected chi connectivity index (χ1v) is 7.81. The Labute approximate surface area is 147 Å². The van der Waals surface area contributed by atoms with Crippen LogP contribution in [0, 0.1) is 0 Å². The summed E-state index contributed by atoms with van der Waals surface area (Å²) in [6, 6.07) is 6.84. The molecule has 0 spiro atoms. The molecule has 0 heterocycles. The Morgan fingerprint density at radius 1 is 0.960 bits per heavy atom. The Bertz CT molecular complexity index is 632. The number of carbonyl (C=O) groups excluding carboxylic acids is 2. The highest BCUT2D eigenvalue weighted by Crippen LogP contribution is 2.16. The van der Waals surface area contributed by atoms with Gasteiger partial charge in [-0.3, -0.25) is 0 Å². The van der Waals surface area contributed by atoms with E-state index in [0.717, 1.165) is 5.56 Å². The van der Waals surface area contributed by atoms with Gasteiger partial charge in [0.2, 0.25) is 0 Å². The zero-order valence-corrected chi connectivity index (χ0v) is 14.5. The number of carbonyl (C=O) groups is 2. The molecule has 2 unspecified atom stereocenters. The number of aliphatic hydroxyl groups is 2. The van der Waals surface area contributed by atoms with Crippen molar-refractivity contribution < 1.29 is 29.3 Å². The maximum Gasteiger partial charge on any atom is 0.333 e. The van der Waals surface area contributed by atoms with Crippen molar-refractivity contribution >= 4 is 11.9 Å². The largest absolute Gasteiger partial charge is 0.460 e. The van der Waals surface area contributed by atoms with Gasteiger partial charge in [0.15, 0.2) is 0 Å². The third-order valence-corrected chi connectivity index (χ3v) is 3.31. The minimum Gasteiger partial charge on any atom is -0.460 e. The van der Waals surface area contributed by atoms with E-state index in [0.29, 0.717) is 12.0 Å². The molecule has 0 saturated heterocycles. The minimum atomic E-state index is -0.946. The molecule has 1 aromatic rings. The van der Waals surface area contributed by atoms with Crippen LogP contribution < -0.4 is 0 Å². The van der Waals surface area contributed by atoms with E-state index < -0.39 is 24.1 Å². The van der Waals surface area contributed by atoms with Crippen LogP contribution >= 0.6 is 0 Å². The standard InChI is InChI=1S/C19H24O6/c1-12(2)18(22)24-10-16(20)9-14-5-7-15(8-6-14)17(21)11-25-19(23)13(3)4/h5-8,16-17,20-21H,1,3,9-11H2,2,4H3. The monoisotopic (exact) mass is 348 g/mol. The Kier molecular flexibility index (Phi) is 8.04. The Balaban J connectivity index is 2.49. The smallest absolute Gasteiger partial charge is 0.333 e. The molecule has 0 aromatic heterocycles. The molecule has 0 bridgehead atoms. The minimum absolute atomic E-state index is 0.118. The maximum absolute atomic E-state index is 11.3. The fourth-order valence-electron chi connectivity index (χ4n) is 1.88. The molecular formula is C19H24O6. The number of rotatable bonds is 9. The van der Waals surface area contributed by atoms with Crippen LogP contribution in [0.5, 0.6) is 0 Å². The van der Waals surface area contributed by atoms with Gasteiger partial charge in [0.1, 0.15) is 19.3 Å². The number of benzene rings is 1. The second-order valence-corrected chi connectivity index (χ2v) is 5.87. The van der Waals surface area contributed by atoms with Gasteiger partial charge in [-0.2, -0.15) is 0 Å². The first-order chi connectivity index (χ1) is 11.7. The van der Waals surface area contributed by atoms with Crippen LogP contribution in [-0.4, -0.2) is 41.5 Å². The van der Waals surface area contributed by atoms with E-state index in [2.05, 4.69) is 13.2 Å². The molecule has 0 fully saturated rings. The lowest BCUT2D eigenvalue weighted by Gasteiger charge is -2.14. The van der Waals surface area contributed by atoms with Crippen molar-refractivity contribution in [3.8, 4) is 0 Å². The molecule has 2 N–H and O–H groups in total. The summed E-state index contributed by atoms with van der Waals surface area (Å²) in [5.74, 6) is -1.09. The van der Waals surface area contributed by atoms with Crippen LogP contribution in [0.25, 0.3) is 0 Å². The van der Waals surface area contributed by atoms with Gasteiger partial charge in [0.05, 0.1) is 6.10 Å². The molecule has 0 aliphatic rings. The molecule has 0 aliphatic heterocycles. The van der Waals surface area contributed by atoms with Crippen molar-refractivity contribution in [3.05, 3.63) is 59.7 Å². The van der Waals surface area contributed by atoms with E-state index in [1.807, 2.05) is 0 Å². The molecule has 25 heavy (non-hydrogen) atoms. The van der Waals surface area contributed by atoms with E-state index in [1.165, 1.54) is 13.8 Å². The first kappa shape index (κ1) is 20.6. The van der Waals surface area contributed by atoms with E-state index in [-0.39, 0.29) is 24.4 Å². The van der Waals surface area contributed by atoms with Gasteiger partial charge in [-0.1, -0.05) is 37.4 Å². The topological polar surface area (TPSA) is 93.1 Å². The second-order valence-electron chi connectivity index (χ2n) is 5.87. The highest BCUT2D eigenvalue weighted by molar-refractivity contribution is 5.87. The van der Waals surface area contributed by atoms with Crippen LogP contribution in [0.15, 0.2) is 48.6 Å². The first-order valence-electron chi connectivity index (χ1n) is 7.81. The summed E-state index contributed by atoms with van der Waals surface area (Å²) in [5, 5.41) is 19.9. The summed E-state index contributed by atoms with van der Waals surface area (Å²) in [7, 11) is 0. The normalized spacial score (nSPS) is 12.8. The average Bonchev–Trinajstić information content (AvgIpc) is 2.57. The van der Waals surface area contributed by atoms with Crippen molar-refractivity contribution in [2.45, 2.75) is 32.5 Å². The third-order valence-electron chi connectivity index (χ3n) is 3.31. The highest BCUT2D eigenvalue weighted by atomic mass is 16.5. The molecule has 1 aromatic carbocycles. The third kappa shape index (κ3) is 7.32. The number of aliphatic hydroxyl groups excluding tert-OH is 2. The fourth-order valence-corrected chi connectivity index (χ4v) is 1.88. The molecule has 0 aliphatic carbocycles. The summed E-state index contributed by atoms with van der Waals surface area (Å²) >= 11 is 0. The van der Waals surface area contributed by atoms with Crippen molar-refractivity contribution in [2.24, 2.45) is 0 Å². The average molecular weight is 348 g/mol. The SMILES string of the molecule is C=C(C)C(=O)OCC(O)Cc1ccc(C(O)COC(=O)C(=C)C)cc1. The summed E-state index contributed by atoms with van der Waals surface area (Å²) in [4.78, 5) is 22.6. The number of ether oxygens (including phenoxy) is 2. The van der Waals surface area contributed by atoms with Crippen molar-refractivity contribution in [2.75, 3.05) is 13.2 Å². The lowest BCUT2D eigenvalue weighted by Crippen LogP contribution is -2.21. The molecular weight excluding hydrogens is 324 g/mol. The van der Waals surface area contributed by atoms with Gasteiger partial charge in [-0.15, -0.1) is 0 Å². The van der Waals surface area contributed by atoms with Crippen molar-refractivity contribution in [1.29, 1.82) is 0 Å². The lowest BCUT2D eigenvalue weighted by atomic mass is 10.0. The van der Waals surface area contributed by atoms with Crippen LogP contribution in [0.3, 0.4) is 0 Å². The fraction of sp³-hybridized carbons (Fsp3) is 0.368. The van der Waals surface area contributed by atoms with Crippen LogP contribution in [0.4, 0.5) is 0 Å². The number of esters is 2. The number of hydrogen-bond donors (Lipinski definition) is 2. The Hall–Kier alpha value is -2.44. The summed E-state index contributed by atoms with van der Waals surface area (Å²) in [5.41, 5.74) is 1.94. The molecule has 6 nitrogen and oxygen atoms in total. The van der Waals surface area contributed by atoms with E-state index >= 15 is 0 Å². The second kappa shape index (κ2) is 9.76. The lowest BCUT2D eigenvalue weighted by molar-refractivity contribution is -0.142. The van der Waals surface area contributed by atoms with Gasteiger partial charge in [0, 0.05) is 17.6 Å². The molecule has 0 radical (unpaired) electrons. The maximum atomic E-state index is 11.3. The molecule has 1 rings (SSSR count). The zero-order chi connectivity index (χ0) is 19.0. The molecule has 0 amide bonds. The number of hydrogen-bond acceptors (Lipinski definition) is 6. The Morgan fingerprint density at radius 2 is 1.44 bits per heavy atom. The van der Waals surface area contributed by atoms with E-state index in [1.54, 1.807) is 24.3 Å². The van der Waals surface area contributed by atoms with E-state index in [4.69, 9.17) is 9.47 Å². The van der Waals surface area contributed by atoms with Gasteiger partial charge in [0.25, 0.3) is 0 Å². The van der Waals surface area contributed by atoms with Gasteiger partial charge < -0.3 is 19.7 Å².